The van der Waals surface area contributed by atoms with Crippen LogP contribution in [0.2, 0.25) is 0 Å². The van der Waals surface area contributed by atoms with Crippen LogP contribution in [0, 0.1) is 0 Å². The van der Waals surface area contributed by atoms with Gasteiger partial charge in [0.2, 0.25) is 5.91 Å². The third-order valence-electron chi connectivity index (χ3n) is 3.76. The highest BCUT2D eigenvalue weighted by atomic mass is 16.3. The first kappa shape index (κ1) is 14.0. The molecule has 4 heteroatoms. The molecule has 0 bridgehead atoms. The Labute approximate surface area is 114 Å². The van der Waals surface area contributed by atoms with Crippen LogP contribution >= 0.6 is 0 Å². The first-order valence-electron chi connectivity index (χ1n) is 6.90. The van der Waals surface area contributed by atoms with Gasteiger partial charge in [-0.1, -0.05) is 31.4 Å². The van der Waals surface area contributed by atoms with Crippen LogP contribution in [-0.4, -0.2) is 16.6 Å². The molecule has 1 aromatic carbocycles. The molecule has 104 valence electrons. The molecule has 2 rings (SSSR count). The summed E-state index contributed by atoms with van der Waals surface area (Å²) in [4.78, 5) is 12.0. The fourth-order valence-electron chi connectivity index (χ4n) is 2.71. The SMILES string of the molecule is NC1(CC(=O)Nc2cccc(CO)c2)CCCCC1. The first-order valence-corrected chi connectivity index (χ1v) is 6.90. The Kier molecular flexibility index (Phi) is 4.56. The standard InChI is InChI=1S/C15H22N2O2/c16-15(7-2-1-3-8-15)10-14(19)17-13-6-4-5-12(9-13)11-18/h4-6,9,18H,1-3,7-8,10-11,16H2,(H,17,19). The van der Waals surface area contributed by atoms with Gasteiger partial charge in [-0.2, -0.15) is 0 Å². The Bertz CT molecular complexity index is 440. The zero-order valence-corrected chi connectivity index (χ0v) is 11.2. The number of hydrogen-bond donors (Lipinski definition) is 3. The van der Waals surface area contributed by atoms with Crippen LogP contribution < -0.4 is 11.1 Å². The summed E-state index contributed by atoms with van der Waals surface area (Å²) in [5, 5.41) is 11.9. The third-order valence-corrected chi connectivity index (χ3v) is 3.76. The lowest BCUT2D eigenvalue weighted by Crippen LogP contribution is -2.44. The van der Waals surface area contributed by atoms with E-state index in [1.165, 1.54) is 6.42 Å². The lowest BCUT2D eigenvalue weighted by Gasteiger charge is -2.32. The highest BCUT2D eigenvalue weighted by molar-refractivity contribution is 5.91. The number of amides is 1. The van der Waals surface area contributed by atoms with Gasteiger partial charge < -0.3 is 16.2 Å². The second-order valence-electron chi connectivity index (χ2n) is 5.51. The fourth-order valence-corrected chi connectivity index (χ4v) is 2.71. The number of aliphatic hydroxyl groups is 1. The summed E-state index contributed by atoms with van der Waals surface area (Å²) < 4.78 is 0. The predicted octanol–water partition coefficient (Wildman–Crippen LogP) is 2.17. The molecule has 0 aliphatic heterocycles. The van der Waals surface area contributed by atoms with E-state index in [0.717, 1.165) is 36.9 Å². The molecule has 0 atom stereocenters. The van der Waals surface area contributed by atoms with Crippen LogP contribution in [0.25, 0.3) is 0 Å². The maximum absolute atomic E-state index is 12.0. The molecular weight excluding hydrogens is 240 g/mol. The number of carbonyl (C=O) groups is 1. The zero-order valence-electron chi connectivity index (χ0n) is 11.2. The number of rotatable bonds is 4. The average Bonchev–Trinajstić information content (AvgIpc) is 2.39. The summed E-state index contributed by atoms with van der Waals surface area (Å²) in [7, 11) is 0. The Balaban J connectivity index is 1.93. The van der Waals surface area contributed by atoms with Crippen molar-refractivity contribution in [2.75, 3.05) is 5.32 Å². The van der Waals surface area contributed by atoms with Crippen molar-refractivity contribution in [2.24, 2.45) is 5.73 Å². The molecule has 0 unspecified atom stereocenters. The van der Waals surface area contributed by atoms with E-state index in [-0.39, 0.29) is 18.1 Å². The van der Waals surface area contributed by atoms with Gasteiger partial charge in [-0.05, 0) is 30.5 Å². The van der Waals surface area contributed by atoms with Crippen molar-refractivity contribution < 1.29 is 9.90 Å². The molecule has 0 saturated heterocycles. The van der Waals surface area contributed by atoms with Gasteiger partial charge in [0.05, 0.1) is 6.61 Å². The smallest absolute Gasteiger partial charge is 0.226 e. The molecule has 0 spiro atoms. The minimum Gasteiger partial charge on any atom is -0.392 e. The van der Waals surface area contributed by atoms with Crippen molar-refractivity contribution in [1.29, 1.82) is 0 Å². The van der Waals surface area contributed by atoms with Gasteiger partial charge in [-0.25, -0.2) is 0 Å². The first-order chi connectivity index (χ1) is 9.11. The molecule has 0 heterocycles. The zero-order chi connectivity index (χ0) is 13.7. The summed E-state index contributed by atoms with van der Waals surface area (Å²) in [5.74, 6) is -0.0421. The molecule has 1 saturated carbocycles. The van der Waals surface area contributed by atoms with Gasteiger partial charge in [0, 0.05) is 17.6 Å². The Morgan fingerprint density at radius 2 is 2.05 bits per heavy atom. The van der Waals surface area contributed by atoms with Gasteiger partial charge >= 0.3 is 0 Å². The van der Waals surface area contributed by atoms with E-state index >= 15 is 0 Å². The molecule has 4 nitrogen and oxygen atoms in total. The molecule has 1 fully saturated rings. The lowest BCUT2D eigenvalue weighted by atomic mass is 9.80. The normalized spacial score (nSPS) is 18.0. The summed E-state index contributed by atoms with van der Waals surface area (Å²) in [6.07, 6.45) is 5.68. The quantitative estimate of drug-likeness (QED) is 0.778. The average molecular weight is 262 g/mol. The summed E-state index contributed by atoms with van der Waals surface area (Å²) in [6.45, 7) is -0.0233. The molecular formula is C15H22N2O2. The maximum atomic E-state index is 12.0. The van der Waals surface area contributed by atoms with Crippen LogP contribution in [-0.2, 0) is 11.4 Å². The Hall–Kier alpha value is -1.39. The summed E-state index contributed by atoms with van der Waals surface area (Å²) >= 11 is 0. The van der Waals surface area contributed by atoms with Crippen LogP contribution in [0.5, 0.6) is 0 Å². The Morgan fingerprint density at radius 1 is 1.32 bits per heavy atom. The fraction of sp³-hybridized carbons (Fsp3) is 0.533. The number of anilines is 1. The predicted molar refractivity (Wildman–Crippen MR) is 75.6 cm³/mol. The van der Waals surface area contributed by atoms with Crippen molar-refractivity contribution in [1.82, 2.24) is 0 Å². The van der Waals surface area contributed by atoms with Crippen molar-refractivity contribution in [3.63, 3.8) is 0 Å². The van der Waals surface area contributed by atoms with Gasteiger partial charge in [0.15, 0.2) is 0 Å². The monoisotopic (exact) mass is 262 g/mol. The van der Waals surface area contributed by atoms with E-state index in [1.54, 1.807) is 6.07 Å². The number of nitrogens with one attached hydrogen (secondary N) is 1. The number of hydrogen-bond acceptors (Lipinski definition) is 3. The van der Waals surface area contributed by atoms with E-state index in [0.29, 0.717) is 6.42 Å². The number of aliphatic hydroxyl groups excluding tert-OH is 1. The Morgan fingerprint density at radius 3 is 2.74 bits per heavy atom. The van der Waals surface area contributed by atoms with Crippen LogP contribution in [0.3, 0.4) is 0 Å². The molecule has 1 amide bonds. The van der Waals surface area contributed by atoms with Gasteiger partial charge in [0.25, 0.3) is 0 Å². The largest absolute Gasteiger partial charge is 0.392 e. The van der Waals surface area contributed by atoms with Crippen LogP contribution in [0.15, 0.2) is 24.3 Å². The van der Waals surface area contributed by atoms with Gasteiger partial charge in [0.1, 0.15) is 0 Å². The van der Waals surface area contributed by atoms with E-state index in [1.807, 2.05) is 18.2 Å². The van der Waals surface area contributed by atoms with Crippen molar-refractivity contribution in [3.05, 3.63) is 29.8 Å². The molecule has 4 N–H and O–H groups in total. The van der Waals surface area contributed by atoms with Gasteiger partial charge in [-0.3, -0.25) is 4.79 Å². The van der Waals surface area contributed by atoms with Crippen LogP contribution in [0.1, 0.15) is 44.1 Å². The second-order valence-corrected chi connectivity index (χ2v) is 5.51. The van der Waals surface area contributed by atoms with E-state index < -0.39 is 0 Å². The van der Waals surface area contributed by atoms with Crippen molar-refractivity contribution >= 4 is 11.6 Å². The van der Waals surface area contributed by atoms with E-state index in [2.05, 4.69) is 5.32 Å². The molecule has 1 aliphatic rings. The van der Waals surface area contributed by atoms with E-state index in [9.17, 15) is 4.79 Å². The van der Waals surface area contributed by atoms with E-state index in [4.69, 9.17) is 10.8 Å². The molecule has 0 radical (unpaired) electrons. The van der Waals surface area contributed by atoms with Gasteiger partial charge in [-0.15, -0.1) is 0 Å². The van der Waals surface area contributed by atoms with Crippen molar-refractivity contribution in [2.45, 2.75) is 50.7 Å². The number of nitrogens with two attached hydrogens (primary N) is 1. The maximum Gasteiger partial charge on any atom is 0.226 e. The van der Waals surface area contributed by atoms with Crippen molar-refractivity contribution in [3.8, 4) is 0 Å². The highest BCUT2D eigenvalue weighted by Gasteiger charge is 2.29. The minimum atomic E-state index is -0.336. The molecule has 0 aromatic heterocycles. The third kappa shape index (κ3) is 4.04. The summed E-state index contributed by atoms with van der Waals surface area (Å²) in [6, 6.07) is 7.24. The molecule has 1 aliphatic carbocycles. The summed E-state index contributed by atoms with van der Waals surface area (Å²) in [5.41, 5.74) is 7.44. The number of carbonyl (C=O) groups excluding carboxylic acids is 1. The molecule has 1 aromatic rings. The lowest BCUT2D eigenvalue weighted by molar-refractivity contribution is -0.117. The van der Waals surface area contributed by atoms with Crippen LogP contribution in [0.4, 0.5) is 5.69 Å². The minimum absolute atomic E-state index is 0.0233. The molecule has 19 heavy (non-hydrogen) atoms. The number of benzene rings is 1. The highest BCUT2D eigenvalue weighted by Crippen LogP contribution is 2.29. The topological polar surface area (TPSA) is 75.4 Å². The second kappa shape index (κ2) is 6.17.